The molecule has 1 fully saturated rings. The van der Waals surface area contributed by atoms with Crippen molar-refractivity contribution in [2.75, 3.05) is 11.9 Å². The minimum absolute atomic E-state index is 0.0585. The normalized spacial score (nSPS) is 15.3. The number of fused-ring (bicyclic) bond motifs is 1. The van der Waals surface area contributed by atoms with Gasteiger partial charge in [0, 0.05) is 29.0 Å². The van der Waals surface area contributed by atoms with Crippen molar-refractivity contribution in [3.63, 3.8) is 0 Å². The van der Waals surface area contributed by atoms with Crippen LogP contribution in [0.1, 0.15) is 36.3 Å². The Morgan fingerprint density at radius 1 is 1.12 bits per heavy atom. The zero-order valence-electron chi connectivity index (χ0n) is 17.6. The predicted molar refractivity (Wildman–Crippen MR) is 127 cm³/mol. The van der Waals surface area contributed by atoms with E-state index < -0.39 is 17.1 Å². The number of hydrogen-bond acceptors (Lipinski definition) is 8. The number of nitrogens with zero attached hydrogens (tertiary/aromatic N) is 3. The minimum Gasteiger partial charge on any atom is -0.394 e. The van der Waals surface area contributed by atoms with Gasteiger partial charge in [-0.3, -0.25) is 10.1 Å². The van der Waals surface area contributed by atoms with E-state index in [2.05, 4.69) is 10.7 Å². The van der Waals surface area contributed by atoms with E-state index in [1.54, 1.807) is 11.3 Å². The number of rotatable bonds is 8. The van der Waals surface area contributed by atoms with Crippen LogP contribution < -0.4 is 5.32 Å². The van der Waals surface area contributed by atoms with Gasteiger partial charge >= 0.3 is 0 Å². The second kappa shape index (κ2) is 8.86. The molecule has 2 atom stereocenters. The molecule has 0 bridgehead atoms. The van der Waals surface area contributed by atoms with Gasteiger partial charge in [-0.25, -0.2) is 9.97 Å². The molecule has 168 valence electrons. The SMILES string of the molecule is O=[N+]([O-])c1ccc([C@@H](O)[C@H](CO)Nc2nc(C3CC3)nc3scc(-c4ccccc4)c23)cc1. The first-order chi connectivity index (χ1) is 16.0. The summed E-state index contributed by atoms with van der Waals surface area (Å²) >= 11 is 1.55. The maximum absolute atomic E-state index is 10.9. The van der Waals surface area contributed by atoms with Gasteiger partial charge in [0.05, 0.1) is 23.0 Å². The lowest BCUT2D eigenvalue weighted by molar-refractivity contribution is -0.384. The Morgan fingerprint density at radius 3 is 2.48 bits per heavy atom. The molecule has 2 aromatic carbocycles. The van der Waals surface area contributed by atoms with Crippen molar-refractivity contribution in [3.05, 3.63) is 81.5 Å². The molecule has 0 saturated heterocycles. The number of non-ortho nitro benzene ring substituents is 1. The third-order valence-electron chi connectivity index (χ3n) is 5.82. The molecule has 9 heteroatoms. The lowest BCUT2D eigenvalue weighted by Crippen LogP contribution is -2.31. The highest BCUT2D eigenvalue weighted by atomic mass is 32.1. The Balaban J connectivity index is 1.53. The van der Waals surface area contributed by atoms with E-state index in [0.29, 0.717) is 17.3 Å². The smallest absolute Gasteiger partial charge is 0.269 e. The first-order valence-corrected chi connectivity index (χ1v) is 11.6. The standard InChI is InChI=1S/C24H22N4O4S/c29-12-19(21(30)15-8-10-17(11-9-15)28(31)32)25-23-20-18(14-4-2-1-3-5-14)13-33-24(20)27-22(26-23)16-6-7-16/h1-5,8-11,13,16,19,21,29-30H,6-7,12H2,(H,25,26,27)/t19-,21+/m0/s1. The summed E-state index contributed by atoms with van der Waals surface area (Å²) in [5.41, 5.74) is 2.43. The number of benzene rings is 2. The van der Waals surface area contributed by atoms with Gasteiger partial charge in [-0.1, -0.05) is 30.3 Å². The first kappa shape index (κ1) is 21.4. The number of aliphatic hydroxyl groups is 2. The molecule has 5 rings (SSSR count). The van der Waals surface area contributed by atoms with Crippen LogP contribution in [-0.2, 0) is 0 Å². The fourth-order valence-electron chi connectivity index (χ4n) is 3.84. The Labute approximate surface area is 193 Å². The average Bonchev–Trinajstić information content (AvgIpc) is 3.61. The molecule has 0 radical (unpaired) electrons. The Bertz CT molecular complexity index is 1290. The highest BCUT2D eigenvalue weighted by Gasteiger charge is 2.30. The minimum atomic E-state index is -1.09. The van der Waals surface area contributed by atoms with Gasteiger partial charge in [0.1, 0.15) is 22.6 Å². The summed E-state index contributed by atoms with van der Waals surface area (Å²) in [6, 6.07) is 14.9. The number of nitrogens with one attached hydrogen (secondary N) is 1. The van der Waals surface area contributed by atoms with E-state index in [0.717, 1.165) is 40.0 Å². The van der Waals surface area contributed by atoms with Crippen molar-refractivity contribution >= 4 is 33.1 Å². The highest BCUT2D eigenvalue weighted by molar-refractivity contribution is 7.17. The molecule has 2 heterocycles. The summed E-state index contributed by atoms with van der Waals surface area (Å²) in [7, 11) is 0. The van der Waals surface area contributed by atoms with Crippen LogP contribution in [0, 0.1) is 10.1 Å². The van der Waals surface area contributed by atoms with Crippen LogP contribution in [-0.4, -0.2) is 37.8 Å². The highest BCUT2D eigenvalue weighted by Crippen LogP contribution is 2.43. The summed E-state index contributed by atoms with van der Waals surface area (Å²) in [5.74, 6) is 1.68. The second-order valence-electron chi connectivity index (χ2n) is 8.13. The van der Waals surface area contributed by atoms with Crippen molar-refractivity contribution in [2.24, 2.45) is 0 Å². The van der Waals surface area contributed by atoms with E-state index >= 15 is 0 Å². The van der Waals surface area contributed by atoms with Crippen LogP contribution in [0.3, 0.4) is 0 Å². The number of hydrogen-bond donors (Lipinski definition) is 3. The third-order valence-corrected chi connectivity index (χ3v) is 6.70. The Hall–Kier alpha value is -3.40. The number of anilines is 1. The molecule has 0 unspecified atom stereocenters. The summed E-state index contributed by atoms with van der Waals surface area (Å²) in [6.45, 7) is -0.354. The van der Waals surface area contributed by atoms with Gasteiger partial charge in [-0.05, 0) is 36.1 Å². The molecule has 3 N–H and O–H groups in total. The van der Waals surface area contributed by atoms with Crippen LogP contribution in [0.25, 0.3) is 21.3 Å². The molecule has 8 nitrogen and oxygen atoms in total. The van der Waals surface area contributed by atoms with Gasteiger partial charge in [0.2, 0.25) is 0 Å². The number of aromatic nitrogens is 2. The van der Waals surface area contributed by atoms with E-state index in [4.69, 9.17) is 9.97 Å². The van der Waals surface area contributed by atoms with Crippen LogP contribution >= 0.6 is 11.3 Å². The molecule has 0 aliphatic heterocycles. The van der Waals surface area contributed by atoms with Crippen LogP contribution in [0.4, 0.5) is 11.5 Å². The van der Waals surface area contributed by atoms with E-state index in [1.807, 2.05) is 30.3 Å². The lowest BCUT2D eigenvalue weighted by atomic mass is 10.0. The van der Waals surface area contributed by atoms with Crippen LogP contribution in [0.15, 0.2) is 60.0 Å². The average molecular weight is 463 g/mol. The lowest BCUT2D eigenvalue weighted by Gasteiger charge is -2.24. The Morgan fingerprint density at radius 2 is 1.85 bits per heavy atom. The monoisotopic (exact) mass is 462 g/mol. The van der Waals surface area contributed by atoms with Gasteiger partial charge in [-0.2, -0.15) is 0 Å². The maximum atomic E-state index is 10.9. The van der Waals surface area contributed by atoms with Crippen molar-refractivity contribution in [1.82, 2.24) is 9.97 Å². The summed E-state index contributed by atoms with van der Waals surface area (Å²) in [4.78, 5) is 20.9. The first-order valence-electron chi connectivity index (χ1n) is 10.7. The maximum Gasteiger partial charge on any atom is 0.269 e. The molecule has 4 aromatic rings. The number of nitro benzene ring substituents is 1. The molecule has 0 amide bonds. The zero-order chi connectivity index (χ0) is 22.9. The summed E-state index contributed by atoms with van der Waals surface area (Å²) in [5, 5.41) is 38.1. The van der Waals surface area contributed by atoms with E-state index in [1.165, 1.54) is 24.3 Å². The number of nitro groups is 1. The third kappa shape index (κ3) is 4.30. The predicted octanol–water partition coefficient (Wildman–Crippen LogP) is 4.65. The van der Waals surface area contributed by atoms with E-state index in [-0.39, 0.29) is 12.3 Å². The second-order valence-corrected chi connectivity index (χ2v) is 8.99. The fraction of sp³-hybridized carbons (Fsp3) is 0.250. The molecular formula is C24H22N4O4S. The zero-order valence-corrected chi connectivity index (χ0v) is 18.4. The van der Waals surface area contributed by atoms with Gasteiger partial charge < -0.3 is 15.5 Å². The quantitative estimate of drug-likeness (QED) is 0.257. The number of thiophene rings is 1. The van der Waals surface area contributed by atoms with Crippen molar-refractivity contribution in [1.29, 1.82) is 0 Å². The number of aliphatic hydroxyl groups excluding tert-OH is 2. The van der Waals surface area contributed by atoms with Gasteiger partial charge in [-0.15, -0.1) is 11.3 Å². The van der Waals surface area contributed by atoms with E-state index in [9.17, 15) is 20.3 Å². The summed E-state index contributed by atoms with van der Waals surface area (Å²) < 4.78 is 0. The Kier molecular flexibility index (Phi) is 5.76. The van der Waals surface area contributed by atoms with Crippen LogP contribution in [0.5, 0.6) is 0 Å². The van der Waals surface area contributed by atoms with Crippen molar-refractivity contribution < 1.29 is 15.1 Å². The molecule has 0 spiro atoms. The van der Waals surface area contributed by atoms with Gasteiger partial charge in [0.25, 0.3) is 5.69 Å². The fourth-order valence-corrected chi connectivity index (χ4v) is 4.80. The van der Waals surface area contributed by atoms with Crippen molar-refractivity contribution in [3.8, 4) is 11.1 Å². The van der Waals surface area contributed by atoms with Crippen molar-refractivity contribution in [2.45, 2.75) is 30.9 Å². The van der Waals surface area contributed by atoms with Gasteiger partial charge in [0.15, 0.2) is 0 Å². The molecule has 1 saturated carbocycles. The molecule has 1 aliphatic rings. The molecular weight excluding hydrogens is 440 g/mol. The molecule has 2 aromatic heterocycles. The topological polar surface area (TPSA) is 121 Å². The molecule has 33 heavy (non-hydrogen) atoms. The summed E-state index contributed by atoms with van der Waals surface area (Å²) in [6.07, 6.45) is 1.01. The largest absolute Gasteiger partial charge is 0.394 e. The molecule has 1 aliphatic carbocycles. The van der Waals surface area contributed by atoms with Crippen LogP contribution in [0.2, 0.25) is 0 Å².